The van der Waals surface area contributed by atoms with Gasteiger partial charge < -0.3 is 0 Å². The van der Waals surface area contributed by atoms with Gasteiger partial charge in [0.1, 0.15) is 0 Å². The van der Waals surface area contributed by atoms with E-state index in [9.17, 15) is 0 Å². The van der Waals surface area contributed by atoms with Gasteiger partial charge in [-0.15, -0.1) is 0 Å². The normalized spacial score (nSPS) is 12.7. The fourth-order valence-electron chi connectivity index (χ4n) is 5.13. The molecule has 1 heterocycles. The maximum absolute atomic E-state index is 4.85. The smallest absolute Gasteiger partial charge is 0.0796 e. The Kier molecular flexibility index (Phi) is 6.84. The second-order valence-electron chi connectivity index (χ2n) is 10.6. The number of hydrogen-bond donors (Lipinski definition) is 0. The van der Waals surface area contributed by atoms with E-state index in [1.54, 1.807) is 6.08 Å². The second-order valence-corrected chi connectivity index (χ2v) is 15.7. The van der Waals surface area contributed by atoms with Crippen molar-refractivity contribution in [1.29, 1.82) is 0 Å². The third kappa shape index (κ3) is 4.60. The molecule has 0 aliphatic rings. The van der Waals surface area contributed by atoms with Crippen LogP contribution in [0, 0.1) is 0 Å². The van der Waals surface area contributed by atoms with Crippen LogP contribution in [-0.4, -0.2) is 13.1 Å². The fraction of sp³-hybridized carbons (Fsp3) is 0.0833. The van der Waals surface area contributed by atoms with Crippen LogP contribution >= 0.6 is 0 Å². The molecule has 0 atom stereocenters. The number of allylic oxidation sites excluding steroid dienone is 7. The molecule has 0 saturated heterocycles. The molecule has 0 aliphatic heterocycles. The van der Waals surface area contributed by atoms with Crippen molar-refractivity contribution in [3.8, 4) is 11.3 Å². The first-order chi connectivity index (χ1) is 18.4. The van der Waals surface area contributed by atoms with Gasteiger partial charge in [-0.05, 0) is 72.4 Å². The van der Waals surface area contributed by atoms with Gasteiger partial charge in [-0.3, -0.25) is 4.98 Å². The summed E-state index contributed by atoms with van der Waals surface area (Å²) in [4.78, 5) is 4.85. The zero-order valence-electron chi connectivity index (χ0n) is 22.5. The highest BCUT2D eigenvalue weighted by molar-refractivity contribution is 6.88. The van der Waals surface area contributed by atoms with Gasteiger partial charge in [0.2, 0.25) is 0 Å². The highest BCUT2D eigenvalue weighted by Gasteiger charge is 2.17. The van der Waals surface area contributed by atoms with E-state index >= 15 is 0 Å². The predicted octanol–water partition coefficient (Wildman–Crippen LogP) is 9.62. The summed E-state index contributed by atoms with van der Waals surface area (Å²) >= 11 is 0. The first kappa shape index (κ1) is 25.4. The molecule has 0 amide bonds. The molecule has 0 spiro atoms. The summed E-state index contributed by atoms with van der Waals surface area (Å²) < 4.78 is 0. The van der Waals surface area contributed by atoms with Gasteiger partial charge in [0, 0.05) is 11.8 Å². The molecule has 0 saturated carbocycles. The molecule has 5 aromatic rings. The van der Waals surface area contributed by atoms with Crippen molar-refractivity contribution in [1.82, 2.24) is 4.98 Å². The highest BCUT2D eigenvalue weighted by Crippen LogP contribution is 2.38. The van der Waals surface area contributed by atoms with Gasteiger partial charge in [0.05, 0.1) is 13.8 Å². The Labute approximate surface area is 226 Å². The van der Waals surface area contributed by atoms with Crippen molar-refractivity contribution in [2.75, 3.05) is 0 Å². The Morgan fingerprint density at radius 1 is 0.711 bits per heavy atom. The first-order valence-corrected chi connectivity index (χ1v) is 16.5. The summed E-state index contributed by atoms with van der Waals surface area (Å²) in [7, 11) is -1.39. The lowest BCUT2D eigenvalue weighted by molar-refractivity contribution is 1.34. The summed E-state index contributed by atoms with van der Waals surface area (Å²) in [6, 6.07) is 26.6. The molecular weight excluding hydrogens is 474 g/mol. The average Bonchev–Trinajstić information content (AvgIpc) is 2.94. The van der Waals surface area contributed by atoms with Gasteiger partial charge in [-0.2, -0.15) is 0 Å². The lowest BCUT2D eigenvalue weighted by Crippen LogP contribution is -2.37. The summed E-state index contributed by atoms with van der Waals surface area (Å²) in [5.41, 5.74) is 5.33. The molecule has 0 N–H and O–H groups in total. The molecule has 38 heavy (non-hydrogen) atoms. The molecule has 5 rings (SSSR count). The Morgan fingerprint density at radius 3 is 1.95 bits per heavy atom. The molecule has 1 nitrogen and oxygen atoms in total. The molecule has 186 valence electrons. The van der Waals surface area contributed by atoms with Crippen LogP contribution in [0.25, 0.3) is 49.1 Å². The van der Waals surface area contributed by atoms with Crippen molar-refractivity contribution in [3.63, 3.8) is 0 Å². The van der Waals surface area contributed by atoms with Crippen molar-refractivity contribution >= 4 is 51.2 Å². The number of pyridine rings is 1. The largest absolute Gasteiger partial charge is 0.256 e. The molecule has 2 heteroatoms. The van der Waals surface area contributed by atoms with Gasteiger partial charge in [0.25, 0.3) is 0 Å². The Morgan fingerprint density at radius 2 is 1.37 bits per heavy atom. The van der Waals surface area contributed by atoms with Crippen LogP contribution in [0.2, 0.25) is 19.6 Å². The van der Waals surface area contributed by atoms with E-state index in [1.165, 1.54) is 37.5 Å². The third-order valence-corrected chi connectivity index (χ3v) is 9.25. The zero-order valence-corrected chi connectivity index (χ0v) is 23.5. The number of rotatable bonds is 7. The van der Waals surface area contributed by atoms with Crippen LogP contribution in [0.5, 0.6) is 0 Å². The Balaban J connectivity index is 1.74. The predicted molar refractivity (Wildman–Crippen MR) is 172 cm³/mol. The van der Waals surface area contributed by atoms with E-state index in [0.717, 1.165) is 28.0 Å². The van der Waals surface area contributed by atoms with E-state index < -0.39 is 8.07 Å². The number of nitrogens with zero attached hydrogens (tertiary/aromatic N) is 1. The van der Waals surface area contributed by atoms with Crippen LogP contribution < -0.4 is 5.19 Å². The van der Waals surface area contributed by atoms with E-state index in [-0.39, 0.29) is 0 Å². The van der Waals surface area contributed by atoms with Crippen LogP contribution in [0.3, 0.4) is 0 Å². The summed E-state index contributed by atoms with van der Waals surface area (Å²) in [5.74, 6) is 0. The van der Waals surface area contributed by atoms with Gasteiger partial charge in [-0.1, -0.05) is 124 Å². The number of benzene rings is 4. The van der Waals surface area contributed by atoms with Gasteiger partial charge in [0.15, 0.2) is 0 Å². The van der Waals surface area contributed by atoms with Crippen molar-refractivity contribution in [3.05, 3.63) is 140 Å². The highest BCUT2D eigenvalue weighted by atomic mass is 28.3. The van der Waals surface area contributed by atoms with E-state index in [0.29, 0.717) is 0 Å². The number of aromatic nitrogens is 1. The van der Waals surface area contributed by atoms with Crippen molar-refractivity contribution in [2.24, 2.45) is 0 Å². The van der Waals surface area contributed by atoms with E-state index in [2.05, 4.69) is 118 Å². The number of fused-ring (bicyclic) bond motifs is 6. The van der Waals surface area contributed by atoms with Crippen molar-refractivity contribution < 1.29 is 0 Å². The topological polar surface area (TPSA) is 12.9 Å². The minimum Gasteiger partial charge on any atom is -0.256 e. The van der Waals surface area contributed by atoms with Crippen molar-refractivity contribution in [2.45, 2.75) is 19.6 Å². The zero-order chi connectivity index (χ0) is 26.9. The Bertz CT molecular complexity index is 1760. The lowest BCUT2D eigenvalue weighted by Gasteiger charge is -2.16. The van der Waals surface area contributed by atoms with Crippen LogP contribution in [0.4, 0.5) is 0 Å². The Hall–Kier alpha value is -4.27. The summed E-state index contributed by atoms with van der Waals surface area (Å²) in [6.45, 7) is 19.0. The van der Waals surface area contributed by atoms with E-state index in [4.69, 9.17) is 4.98 Å². The summed E-state index contributed by atoms with van der Waals surface area (Å²) in [6.07, 6.45) is 11.6. The first-order valence-electron chi connectivity index (χ1n) is 13.0. The SMILES string of the molecule is C=C/C=C\C(C=C)=C(\C=C)c1ccc2c3ccc(-c4ccc([Si](C)(C)C)cn4)cc3c3ccccc3c2c1. The second kappa shape index (κ2) is 10.2. The third-order valence-electron chi connectivity index (χ3n) is 7.22. The molecular formula is C36H33NSi. The standard InChI is InChI=1S/C36H33NSi/c1-7-10-13-25(8-2)29(9-3)26-16-19-32-33-20-17-27(36-21-18-28(24-37-36)38(4,5)6)23-35(33)31-15-12-11-14-30(31)34(32)22-26/h7-24H,1-3H2,4-6H3/b13-10-,29-25-. The maximum atomic E-state index is 4.85. The minimum absolute atomic E-state index is 1.01. The molecule has 0 unspecified atom stereocenters. The monoisotopic (exact) mass is 507 g/mol. The summed E-state index contributed by atoms with van der Waals surface area (Å²) in [5, 5.41) is 8.81. The van der Waals surface area contributed by atoms with Crippen LogP contribution in [0.15, 0.2) is 135 Å². The average molecular weight is 508 g/mol. The molecule has 1 aromatic heterocycles. The number of hydrogen-bond acceptors (Lipinski definition) is 1. The molecule has 0 fully saturated rings. The van der Waals surface area contributed by atoms with Gasteiger partial charge in [-0.25, -0.2) is 0 Å². The molecule has 0 radical (unpaired) electrons. The molecule has 0 aliphatic carbocycles. The van der Waals surface area contributed by atoms with Crippen LogP contribution in [0.1, 0.15) is 5.56 Å². The lowest BCUT2D eigenvalue weighted by atomic mass is 9.90. The molecule has 4 aromatic carbocycles. The molecule has 0 bridgehead atoms. The quantitative estimate of drug-likeness (QED) is 0.121. The van der Waals surface area contributed by atoms with Crippen LogP contribution in [-0.2, 0) is 0 Å². The fourth-order valence-corrected chi connectivity index (χ4v) is 6.17. The van der Waals surface area contributed by atoms with Gasteiger partial charge >= 0.3 is 0 Å². The minimum atomic E-state index is -1.39. The van der Waals surface area contributed by atoms with E-state index in [1.807, 2.05) is 24.3 Å². The maximum Gasteiger partial charge on any atom is 0.0796 e.